The maximum absolute atomic E-state index is 12.7. The number of nitro benzene ring substituents is 1. The van der Waals surface area contributed by atoms with E-state index in [-0.39, 0.29) is 28.5 Å². The van der Waals surface area contributed by atoms with Crippen molar-refractivity contribution in [3.63, 3.8) is 0 Å². The number of nitrogens with zero attached hydrogens (tertiary/aromatic N) is 1. The van der Waals surface area contributed by atoms with Gasteiger partial charge in [-0.25, -0.2) is 4.79 Å². The van der Waals surface area contributed by atoms with Gasteiger partial charge in [-0.05, 0) is 35.1 Å². The number of ether oxygens (including phenoxy) is 2. The van der Waals surface area contributed by atoms with Crippen molar-refractivity contribution in [3.8, 4) is 5.75 Å². The summed E-state index contributed by atoms with van der Waals surface area (Å²) >= 11 is 0. The van der Waals surface area contributed by atoms with Gasteiger partial charge in [0.2, 0.25) is 0 Å². The van der Waals surface area contributed by atoms with Gasteiger partial charge in [0.05, 0.1) is 23.8 Å². The number of rotatable bonds is 9. The Hall–Kier alpha value is -3.95. The van der Waals surface area contributed by atoms with Crippen molar-refractivity contribution in [2.45, 2.75) is 46.1 Å². The minimum absolute atomic E-state index is 0.0572. The third-order valence-electron chi connectivity index (χ3n) is 5.24. The van der Waals surface area contributed by atoms with Crippen LogP contribution >= 0.6 is 0 Å². The van der Waals surface area contributed by atoms with Crippen LogP contribution < -0.4 is 15.4 Å². The second-order valence-corrected chi connectivity index (χ2v) is 9.32. The molecule has 0 aromatic heterocycles. The predicted molar refractivity (Wildman–Crippen MR) is 130 cm³/mol. The summed E-state index contributed by atoms with van der Waals surface area (Å²) in [6.45, 7) is 9.09. The van der Waals surface area contributed by atoms with E-state index in [4.69, 9.17) is 9.47 Å². The van der Waals surface area contributed by atoms with Gasteiger partial charge in [0.25, 0.3) is 17.5 Å². The molecule has 10 nitrogen and oxygen atoms in total. The molecule has 10 heteroatoms. The van der Waals surface area contributed by atoms with Crippen LogP contribution in [0.15, 0.2) is 42.5 Å². The molecular weight excluding hydrogens is 454 g/mol. The zero-order valence-electron chi connectivity index (χ0n) is 20.7. The predicted octanol–water partition coefficient (Wildman–Crippen LogP) is 3.84. The van der Waals surface area contributed by atoms with Crippen LogP contribution in [0.3, 0.4) is 0 Å². The number of anilines is 1. The summed E-state index contributed by atoms with van der Waals surface area (Å²) in [6.07, 6.45) is 0. The van der Waals surface area contributed by atoms with Gasteiger partial charge in [-0.3, -0.25) is 19.7 Å². The van der Waals surface area contributed by atoms with E-state index in [2.05, 4.69) is 31.4 Å². The van der Waals surface area contributed by atoms with Crippen molar-refractivity contribution in [3.05, 3.63) is 63.7 Å². The molecule has 0 radical (unpaired) electrons. The summed E-state index contributed by atoms with van der Waals surface area (Å²) in [5.41, 5.74) is 1.41. The van der Waals surface area contributed by atoms with Crippen LogP contribution in [0, 0.1) is 16.0 Å². The normalized spacial score (nSPS) is 12.0. The number of nitro groups is 1. The topological polar surface area (TPSA) is 137 Å². The Morgan fingerprint density at radius 2 is 1.69 bits per heavy atom. The third-order valence-corrected chi connectivity index (χ3v) is 5.24. The quantitative estimate of drug-likeness (QED) is 0.313. The molecule has 0 aliphatic carbocycles. The number of hydrogen-bond acceptors (Lipinski definition) is 7. The van der Waals surface area contributed by atoms with E-state index < -0.39 is 35.4 Å². The van der Waals surface area contributed by atoms with E-state index >= 15 is 0 Å². The van der Waals surface area contributed by atoms with E-state index in [1.807, 2.05) is 12.1 Å². The zero-order chi connectivity index (χ0) is 26.3. The molecule has 2 amide bonds. The summed E-state index contributed by atoms with van der Waals surface area (Å²) in [4.78, 5) is 47.9. The van der Waals surface area contributed by atoms with Crippen LogP contribution in [0.5, 0.6) is 5.75 Å². The van der Waals surface area contributed by atoms with Crippen molar-refractivity contribution in [2.75, 3.05) is 19.0 Å². The number of amides is 2. The number of benzene rings is 2. The summed E-state index contributed by atoms with van der Waals surface area (Å²) < 4.78 is 10.2. The van der Waals surface area contributed by atoms with Crippen molar-refractivity contribution in [2.24, 2.45) is 5.92 Å². The minimum Gasteiger partial charge on any atom is -0.494 e. The Morgan fingerprint density at radius 3 is 2.20 bits per heavy atom. The van der Waals surface area contributed by atoms with Crippen LogP contribution in [-0.2, 0) is 19.7 Å². The average Bonchev–Trinajstić information content (AvgIpc) is 2.80. The fourth-order valence-electron chi connectivity index (χ4n) is 3.15. The molecule has 0 aliphatic rings. The van der Waals surface area contributed by atoms with Crippen LogP contribution in [-0.4, -0.2) is 42.5 Å². The van der Waals surface area contributed by atoms with E-state index in [1.54, 1.807) is 26.0 Å². The van der Waals surface area contributed by atoms with E-state index in [0.29, 0.717) is 5.56 Å². The molecule has 2 aromatic carbocycles. The Labute approximate surface area is 204 Å². The Balaban J connectivity index is 2.00. The minimum atomic E-state index is -0.966. The Morgan fingerprint density at radius 1 is 1.06 bits per heavy atom. The average molecular weight is 486 g/mol. The first-order chi connectivity index (χ1) is 16.3. The van der Waals surface area contributed by atoms with Crippen LogP contribution in [0.25, 0.3) is 0 Å². The molecule has 0 saturated carbocycles. The van der Waals surface area contributed by atoms with E-state index in [1.165, 1.54) is 25.3 Å². The maximum atomic E-state index is 12.7. The van der Waals surface area contributed by atoms with Crippen LogP contribution in [0.2, 0.25) is 0 Å². The first-order valence-electron chi connectivity index (χ1n) is 11.0. The first-order valence-corrected chi connectivity index (χ1v) is 11.0. The first kappa shape index (κ1) is 27.3. The summed E-state index contributed by atoms with van der Waals surface area (Å²) in [5.74, 6) is -2.06. The van der Waals surface area contributed by atoms with Gasteiger partial charge < -0.3 is 20.1 Å². The standard InChI is InChI=1S/C25H31N3O7/c1-15(2)22(27-23(30)16-7-9-17(10-8-16)25(3,4)5)24(31)35-14-21(29)26-19-12-11-18(28(32)33)13-20(19)34-6/h7-13,15,22H,14H2,1-6H3,(H,26,29)(H,27,30)/t22-/m0/s1. The van der Waals surface area contributed by atoms with Crippen molar-refractivity contribution in [1.82, 2.24) is 5.32 Å². The van der Waals surface area contributed by atoms with Gasteiger partial charge in [-0.15, -0.1) is 0 Å². The molecule has 0 bridgehead atoms. The molecule has 0 heterocycles. The van der Waals surface area contributed by atoms with Gasteiger partial charge in [0.15, 0.2) is 6.61 Å². The number of non-ortho nitro benzene ring substituents is 1. The van der Waals surface area contributed by atoms with E-state index in [0.717, 1.165) is 5.56 Å². The number of nitrogens with one attached hydrogen (secondary N) is 2. The van der Waals surface area contributed by atoms with E-state index in [9.17, 15) is 24.5 Å². The van der Waals surface area contributed by atoms with Crippen molar-refractivity contribution >= 4 is 29.2 Å². The van der Waals surface area contributed by atoms with Crippen molar-refractivity contribution < 1.29 is 28.8 Å². The van der Waals surface area contributed by atoms with Crippen LogP contribution in [0.4, 0.5) is 11.4 Å². The molecule has 1 atom stereocenters. The summed E-state index contributed by atoms with van der Waals surface area (Å²) in [7, 11) is 1.31. The molecular formula is C25H31N3O7. The lowest BCUT2D eigenvalue weighted by atomic mass is 9.86. The SMILES string of the molecule is COc1cc([N+](=O)[O-])ccc1NC(=O)COC(=O)[C@@H](NC(=O)c1ccc(C(C)(C)C)cc1)C(C)C. The van der Waals surface area contributed by atoms with Gasteiger partial charge in [0, 0.05) is 11.6 Å². The molecule has 0 spiro atoms. The lowest BCUT2D eigenvalue weighted by Crippen LogP contribution is -2.46. The number of carbonyl (C=O) groups is 3. The molecule has 2 rings (SSSR count). The molecule has 0 saturated heterocycles. The number of hydrogen-bond donors (Lipinski definition) is 2. The highest BCUT2D eigenvalue weighted by Crippen LogP contribution is 2.29. The van der Waals surface area contributed by atoms with Crippen LogP contribution in [0.1, 0.15) is 50.5 Å². The molecule has 0 aliphatic heterocycles. The number of carbonyl (C=O) groups excluding carboxylic acids is 3. The molecule has 0 fully saturated rings. The highest BCUT2D eigenvalue weighted by atomic mass is 16.6. The molecule has 2 N–H and O–H groups in total. The van der Waals surface area contributed by atoms with Gasteiger partial charge in [0.1, 0.15) is 11.8 Å². The highest BCUT2D eigenvalue weighted by Gasteiger charge is 2.27. The van der Waals surface area contributed by atoms with Gasteiger partial charge in [-0.1, -0.05) is 46.8 Å². The maximum Gasteiger partial charge on any atom is 0.329 e. The molecule has 0 unspecified atom stereocenters. The zero-order valence-corrected chi connectivity index (χ0v) is 20.7. The largest absolute Gasteiger partial charge is 0.494 e. The lowest BCUT2D eigenvalue weighted by molar-refractivity contribution is -0.384. The smallest absolute Gasteiger partial charge is 0.329 e. The van der Waals surface area contributed by atoms with Gasteiger partial charge in [-0.2, -0.15) is 0 Å². The second kappa shape index (κ2) is 11.5. The number of esters is 1. The molecule has 35 heavy (non-hydrogen) atoms. The second-order valence-electron chi connectivity index (χ2n) is 9.32. The fraction of sp³-hybridized carbons (Fsp3) is 0.400. The van der Waals surface area contributed by atoms with Crippen molar-refractivity contribution in [1.29, 1.82) is 0 Å². The molecule has 188 valence electrons. The Kier molecular flexibility index (Phi) is 8.93. The monoisotopic (exact) mass is 485 g/mol. The lowest BCUT2D eigenvalue weighted by Gasteiger charge is -2.22. The summed E-state index contributed by atoms with van der Waals surface area (Å²) in [6, 6.07) is 9.86. The highest BCUT2D eigenvalue weighted by molar-refractivity contribution is 5.98. The Bertz CT molecular complexity index is 1090. The summed E-state index contributed by atoms with van der Waals surface area (Å²) in [5, 5.41) is 16.0. The number of methoxy groups -OCH3 is 1. The fourth-order valence-corrected chi connectivity index (χ4v) is 3.15. The third kappa shape index (κ3) is 7.53. The van der Waals surface area contributed by atoms with Gasteiger partial charge >= 0.3 is 5.97 Å². The molecule has 2 aromatic rings.